The number of unbranched alkanes of at least 4 members (excludes halogenated alkanes) is 1. The fourth-order valence-corrected chi connectivity index (χ4v) is 3.26. The molecule has 0 aliphatic carbocycles. The third-order valence-corrected chi connectivity index (χ3v) is 4.56. The average Bonchev–Trinajstić information content (AvgIpc) is 3.04. The molecular weight excluding hydrogens is 268 g/mol. The Balaban J connectivity index is 1.69. The number of hydrogen-bond acceptors (Lipinski definition) is 4. The van der Waals surface area contributed by atoms with Gasteiger partial charge < -0.3 is 14.4 Å². The Morgan fingerprint density at radius 2 is 1.86 bits per heavy atom. The molecule has 0 N–H and O–H groups in total. The van der Waals surface area contributed by atoms with Crippen molar-refractivity contribution in [3.05, 3.63) is 0 Å². The zero-order valence-corrected chi connectivity index (χ0v) is 13.4. The van der Waals surface area contributed by atoms with Gasteiger partial charge in [0.1, 0.15) is 6.61 Å². The lowest BCUT2D eigenvalue weighted by molar-refractivity contribution is 0.0514. The third kappa shape index (κ3) is 5.47. The highest BCUT2D eigenvalue weighted by Crippen LogP contribution is 2.18. The highest BCUT2D eigenvalue weighted by molar-refractivity contribution is 5.67. The van der Waals surface area contributed by atoms with Crippen molar-refractivity contribution in [1.29, 1.82) is 0 Å². The van der Waals surface area contributed by atoms with E-state index < -0.39 is 0 Å². The van der Waals surface area contributed by atoms with E-state index in [1.807, 2.05) is 4.90 Å². The van der Waals surface area contributed by atoms with Crippen LogP contribution in [-0.4, -0.2) is 68.4 Å². The standard InChI is InChI=1S/C16H30N2O3/c1-20-13-7-6-10-17-9-3-2-8-15(17)14-21-16(19)18-11-4-5-12-18/h15H,2-14H2,1H3. The topological polar surface area (TPSA) is 42.0 Å². The van der Waals surface area contributed by atoms with E-state index in [0.717, 1.165) is 64.9 Å². The fourth-order valence-electron chi connectivity index (χ4n) is 3.26. The van der Waals surface area contributed by atoms with Crippen LogP contribution in [0.2, 0.25) is 0 Å². The van der Waals surface area contributed by atoms with Gasteiger partial charge in [0.15, 0.2) is 0 Å². The maximum atomic E-state index is 12.0. The van der Waals surface area contributed by atoms with Crippen LogP contribution in [0, 0.1) is 0 Å². The van der Waals surface area contributed by atoms with Gasteiger partial charge in [-0.25, -0.2) is 4.79 Å². The molecule has 0 spiro atoms. The van der Waals surface area contributed by atoms with Crippen molar-refractivity contribution < 1.29 is 14.3 Å². The van der Waals surface area contributed by atoms with Gasteiger partial charge in [-0.15, -0.1) is 0 Å². The molecule has 0 aromatic rings. The third-order valence-electron chi connectivity index (χ3n) is 4.56. The summed E-state index contributed by atoms with van der Waals surface area (Å²) in [6.07, 6.45) is 8.04. The van der Waals surface area contributed by atoms with Crippen LogP contribution < -0.4 is 0 Å². The van der Waals surface area contributed by atoms with Gasteiger partial charge in [0, 0.05) is 32.8 Å². The summed E-state index contributed by atoms with van der Waals surface area (Å²) in [5.41, 5.74) is 0. The molecule has 5 heteroatoms. The second-order valence-corrected chi connectivity index (χ2v) is 6.16. The summed E-state index contributed by atoms with van der Waals surface area (Å²) < 4.78 is 10.6. The van der Waals surface area contributed by atoms with Crippen LogP contribution in [0.25, 0.3) is 0 Å². The van der Waals surface area contributed by atoms with Gasteiger partial charge in [-0.05, 0) is 51.6 Å². The highest BCUT2D eigenvalue weighted by atomic mass is 16.6. The Morgan fingerprint density at radius 1 is 1.10 bits per heavy atom. The predicted molar refractivity (Wildman–Crippen MR) is 82.5 cm³/mol. The number of rotatable bonds is 7. The first-order valence-corrected chi connectivity index (χ1v) is 8.46. The normalized spacial score (nSPS) is 23.5. The van der Waals surface area contributed by atoms with Crippen LogP contribution in [0.5, 0.6) is 0 Å². The smallest absolute Gasteiger partial charge is 0.409 e. The lowest BCUT2D eigenvalue weighted by atomic mass is 10.0. The van der Waals surface area contributed by atoms with Gasteiger partial charge in [-0.2, -0.15) is 0 Å². The quantitative estimate of drug-likeness (QED) is 0.677. The second-order valence-electron chi connectivity index (χ2n) is 6.16. The molecule has 5 nitrogen and oxygen atoms in total. The molecule has 0 aromatic carbocycles. The summed E-state index contributed by atoms with van der Waals surface area (Å²) in [7, 11) is 1.75. The van der Waals surface area contributed by atoms with Crippen LogP contribution in [0.4, 0.5) is 4.79 Å². The molecule has 2 aliphatic heterocycles. The van der Waals surface area contributed by atoms with Crippen molar-refractivity contribution in [2.24, 2.45) is 0 Å². The van der Waals surface area contributed by atoms with Gasteiger partial charge in [0.05, 0.1) is 0 Å². The average molecular weight is 298 g/mol. The van der Waals surface area contributed by atoms with E-state index in [2.05, 4.69) is 4.90 Å². The van der Waals surface area contributed by atoms with Crippen molar-refractivity contribution in [1.82, 2.24) is 9.80 Å². The molecule has 0 radical (unpaired) electrons. The first-order valence-electron chi connectivity index (χ1n) is 8.46. The summed E-state index contributed by atoms with van der Waals surface area (Å²) in [6.45, 7) is 5.35. The first kappa shape index (κ1) is 16.6. The number of ether oxygens (including phenoxy) is 2. The minimum Gasteiger partial charge on any atom is -0.448 e. The van der Waals surface area contributed by atoms with Crippen LogP contribution in [0.3, 0.4) is 0 Å². The lowest BCUT2D eigenvalue weighted by Crippen LogP contribution is -2.44. The molecule has 2 rings (SSSR count). The number of amides is 1. The SMILES string of the molecule is COCCCCN1CCCCC1COC(=O)N1CCCC1. The zero-order valence-electron chi connectivity index (χ0n) is 13.4. The Morgan fingerprint density at radius 3 is 2.62 bits per heavy atom. The highest BCUT2D eigenvalue weighted by Gasteiger charge is 2.25. The number of carbonyl (C=O) groups is 1. The van der Waals surface area contributed by atoms with Gasteiger partial charge in [0.2, 0.25) is 0 Å². The number of methoxy groups -OCH3 is 1. The van der Waals surface area contributed by atoms with E-state index in [-0.39, 0.29) is 6.09 Å². The van der Waals surface area contributed by atoms with Crippen molar-refractivity contribution in [2.45, 2.75) is 51.0 Å². The van der Waals surface area contributed by atoms with Gasteiger partial charge in [0.25, 0.3) is 0 Å². The Labute approximate surface area is 128 Å². The van der Waals surface area contributed by atoms with E-state index in [0.29, 0.717) is 12.6 Å². The molecular formula is C16H30N2O3. The molecule has 1 atom stereocenters. The molecule has 2 heterocycles. The van der Waals surface area contributed by atoms with E-state index in [1.165, 1.54) is 12.8 Å². The van der Waals surface area contributed by atoms with Crippen LogP contribution >= 0.6 is 0 Å². The summed E-state index contributed by atoms with van der Waals surface area (Å²) in [5.74, 6) is 0. The Hall–Kier alpha value is -0.810. The number of hydrogen-bond donors (Lipinski definition) is 0. The van der Waals surface area contributed by atoms with E-state index in [1.54, 1.807) is 7.11 Å². The first-order chi connectivity index (χ1) is 10.3. The minimum absolute atomic E-state index is 0.114. The summed E-state index contributed by atoms with van der Waals surface area (Å²) in [5, 5.41) is 0. The Bertz CT molecular complexity index is 306. The molecule has 2 fully saturated rings. The van der Waals surface area contributed by atoms with Crippen molar-refractivity contribution in [3.63, 3.8) is 0 Å². The van der Waals surface area contributed by atoms with Crippen molar-refractivity contribution in [3.8, 4) is 0 Å². The van der Waals surface area contributed by atoms with Crippen LogP contribution in [-0.2, 0) is 9.47 Å². The molecule has 21 heavy (non-hydrogen) atoms. The number of carbonyl (C=O) groups excluding carboxylic acids is 1. The number of piperidine rings is 1. The lowest BCUT2D eigenvalue weighted by Gasteiger charge is -2.35. The monoisotopic (exact) mass is 298 g/mol. The fraction of sp³-hybridized carbons (Fsp3) is 0.938. The number of likely N-dealkylation sites (tertiary alicyclic amines) is 2. The van der Waals surface area contributed by atoms with Crippen LogP contribution in [0.15, 0.2) is 0 Å². The van der Waals surface area contributed by atoms with Gasteiger partial charge in [-0.3, -0.25) is 4.90 Å². The van der Waals surface area contributed by atoms with E-state index in [9.17, 15) is 4.79 Å². The minimum atomic E-state index is -0.114. The molecule has 1 unspecified atom stereocenters. The summed E-state index contributed by atoms with van der Waals surface area (Å²) >= 11 is 0. The van der Waals surface area contributed by atoms with E-state index in [4.69, 9.17) is 9.47 Å². The van der Waals surface area contributed by atoms with Crippen molar-refractivity contribution >= 4 is 6.09 Å². The maximum Gasteiger partial charge on any atom is 0.409 e. The second kappa shape index (κ2) is 9.26. The summed E-state index contributed by atoms with van der Waals surface area (Å²) in [4.78, 5) is 16.3. The molecule has 2 saturated heterocycles. The van der Waals surface area contributed by atoms with Crippen molar-refractivity contribution in [2.75, 3.05) is 46.5 Å². The largest absolute Gasteiger partial charge is 0.448 e. The van der Waals surface area contributed by atoms with Crippen LogP contribution in [0.1, 0.15) is 44.9 Å². The molecule has 122 valence electrons. The molecule has 2 aliphatic rings. The summed E-state index contributed by atoms with van der Waals surface area (Å²) in [6, 6.07) is 0.410. The Kier molecular flexibility index (Phi) is 7.30. The van der Waals surface area contributed by atoms with Gasteiger partial charge >= 0.3 is 6.09 Å². The maximum absolute atomic E-state index is 12.0. The molecule has 0 aromatic heterocycles. The zero-order chi connectivity index (χ0) is 14.9. The predicted octanol–water partition coefficient (Wildman–Crippen LogP) is 2.50. The van der Waals surface area contributed by atoms with E-state index >= 15 is 0 Å². The van der Waals surface area contributed by atoms with Gasteiger partial charge in [-0.1, -0.05) is 6.42 Å². The molecule has 0 saturated carbocycles. The number of nitrogens with zero attached hydrogens (tertiary/aromatic N) is 2. The molecule has 1 amide bonds. The molecule has 0 bridgehead atoms.